The number of rotatable bonds is 2. The summed E-state index contributed by atoms with van der Waals surface area (Å²) in [6.45, 7) is 0. The summed E-state index contributed by atoms with van der Waals surface area (Å²) in [6.07, 6.45) is 0. The zero-order chi connectivity index (χ0) is 10.0. The third-order valence-corrected chi connectivity index (χ3v) is 3.51. The van der Waals surface area contributed by atoms with Crippen LogP contribution in [-0.4, -0.2) is 18.2 Å². The van der Waals surface area contributed by atoms with Crippen molar-refractivity contribution < 1.29 is 14.6 Å². The maximum atomic E-state index is 10.8. The summed E-state index contributed by atoms with van der Waals surface area (Å²) in [5.41, 5.74) is 0.122. The van der Waals surface area contributed by atoms with Crippen LogP contribution in [0.25, 0.3) is 0 Å². The molecule has 0 amide bonds. The van der Waals surface area contributed by atoms with Crippen LogP contribution < -0.4 is 4.74 Å². The van der Waals surface area contributed by atoms with Gasteiger partial charge in [0.2, 0.25) is 0 Å². The lowest BCUT2D eigenvalue weighted by Gasteiger charge is -2.07. The quantitative estimate of drug-likeness (QED) is 0.913. The number of carboxylic acids is 1. The number of benzene rings is 1. The van der Waals surface area contributed by atoms with E-state index in [1.54, 1.807) is 12.1 Å². The summed E-state index contributed by atoms with van der Waals surface area (Å²) in [4.78, 5) is 10.8. The number of carboxylic acid groups (broad SMARTS) is 1. The summed E-state index contributed by atoms with van der Waals surface area (Å²) >= 11 is 6.38. The van der Waals surface area contributed by atoms with Gasteiger partial charge in [-0.1, -0.05) is 0 Å². The molecule has 0 radical (unpaired) electrons. The Labute approximate surface area is 92.0 Å². The lowest BCUT2D eigenvalue weighted by molar-refractivity contribution is 0.0692. The molecule has 0 aliphatic rings. The molecule has 0 atom stereocenters. The summed E-state index contributed by atoms with van der Waals surface area (Å²) in [7, 11) is 1.43. The van der Waals surface area contributed by atoms with E-state index in [9.17, 15) is 4.79 Å². The van der Waals surface area contributed by atoms with Crippen molar-refractivity contribution in [3.8, 4) is 5.75 Å². The molecular weight excluding hydrogens is 304 g/mol. The number of halogens is 2. The van der Waals surface area contributed by atoms with Crippen LogP contribution >= 0.6 is 31.9 Å². The van der Waals surface area contributed by atoms with Gasteiger partial charge in [0, 0.05) is 4.47 Å². The second-order valence-corrected chi connectivity index (χ2v) is 3.89. The highest BCUT2D eigenvalue weighted by molar-refractivity contribution is 9.13. The van der Waals surface area contributed by atoms with Crippen molar-refractivity contribution in [3.63, 3.8) is 0 Å². The van der Waals surface area contributed by atoms with Crippen LogP contribution in [0.3, 0.4) is 0 Å². The number of hydrogen-bond donors (Lipinski definition) is 1. The normalized spacial score (nSPS) is 9.77. The molecule has 13 heavy (non-hydrogen) atoms. The zero-order valence-corrected chi connectivity index (χ0v) is 9.85. The lowest BCUT2D eigenvalue weighted by atomic mass is 10.2. The number of ether oxygens (including phenoxy) is 1. The Morgan fingerprint density at radius 3 is 2.54 bits per heavy atom. The van der Waals surface area contributed by atoms with Crippen LogP contribution in [0.5, 0.6) is 5.75 Å². The van der Waals surface area contributed by atoms with Gasteiger partial charge in [-0.05, 0) is 44.0 Å². The van der Waals surface area contributed by atoms with E-state index in [-0.39, 0.29) is 5.56 Å². The first kappa shape index (κ1) is 10.5. The molecule has 70 valence electrons. The molecule has 0 aliphatic carbocycles. The molecule has 0 aromatic heterocycles. The largest absolute Gasteiger partial charge is 0.496 e. The van der Waals surface area contributed by atoms with Crippen LogP contribution in [-0.2, 0) is 0 Å². The highest BCUT2D eigenvalue weighted by Crippen LogP contribution is 2.33. The van der Waals surface area contributed by atoms with Crippen LogP contribution in [0.15, 0.2) is 21.1 Å². The molecule has 3 nitrogen and oxygen atoms in total. The molecule has 1 rings (SSSR count). The van der Waals surface area contributed by atoms with Crippen molar-refractivity contribution >= 4 is 37.8 Å². The van der Waals surface area contributed by atoms with Crippen LogP contribution in [0.4, 0.5) is 0 Å². The molecule has 1 aromatic rings. The second kappa shape index (κ2) is 4.11. The molecule has 1 N–H and O–H groups in total. The second-order valence-electron chi connectivity index (χ2n) is 2.24. The molecule has 0 unspecified atom stereocenters. The monoisotopic (exact) mass is 308 g/mol. The molecule has 0 fully saturated rings. The highest BCUT2D eigenvalue weighted by atomic mass is 79.9. The molecule has 0 bridgehead atoms. The lowest BCUT2D eigenvalue weighted by Crippen LogP contribution is -2.01. The Balaban J connectivity index is 3.41. The predicted octanol–water partition coefficient (Wildman–Crippen LogP) is 2.92. The molecule has 0 saturated heterocycles. The van der Waals surface area contributed by atoms with E-state index in [4.69, 9.17) is 9.84 Å². The van der Waals surface area contributed by atoms with Crippen molar-refractivity contribution in [2.75, 3.05) is 7.11 Å². The Kier molecular flexibility index (Phi) is 3.33. The van der Waals surface area contributed by atoms with Crippen molar-refractivity contribution in [3.05, 3.63) is 26.6 Å². The molecule has 0 aliphatic heterocycles. The average Bonchev–Trinajstić information content (AvgIpc) is 2.08. The summed E-state index contributed by atoms with van der Waals surface area (Å²) in [6, 6.07) is 3.31. The van der Waals surface area contributed by atoms with Crippen LogP contribution in [0.1, 0.15) is 10.4 Å². The summed E-state index contributed by atoms with van der Waals surface area (Å²) in [5, 5.41) is 8.87. The minimum atomic E-state index is -1.02. The van der Waals surface area contributed by atoms with E-state index in [0.29, 0.717) is 14.7 Å². The average molecular weight is 310 g/mol. The fourth-order valence-corrected chi connectivity index (χ4v) is 1.73. The first-order valence-corrected chi connectivity index (χ1v) is 4.91. The highest BCUT2D eigenvalue weighted by Gasteiger charge is 2.16. The molecular formula is C8H6Br2O3. The van der Waals surface area contributed by atoms with Gasteiger partial charge in [0.25, 0.3) is 0 Å². The standard InChI is InChI=1S/C8H6Br2O3/c1-13-5-3-2-4(9)7(10)6(5)8(11)12/h2-3H,1H3,(H,11,12). The molecule has 5 heteroatoms. The van der Waals surface area contributed by atoms with Crippen molar-refractivity contribution in [2.24, 2.45) is 0 Å². The molecule has 0 saturated carbocycles. The Bertz CT molecular complexity index is 349. The van der Waals surface area contributed by atoms with Gasteiger partial charge in [-0.2, -0.15) is 0 Å². The van der Waals surface area contributed by atoms with E-state index < -0.39 is 5.97 Å². The van der Waals surface area contributed by atoms with E-state index in [2.05, 4.69) is 31.9 Å². The van der Waals surface area contributed by atoms with Crippen molar-refractivity contribution in [1.82, 2.24) is 0 Å². The van der Waals surface area contributed by atoms with Crippen molar-refractivity contribution in [2.45, 2.75) is 0 Å². The number of methoxy groups -OCH3 is 1. The van der Waals surface area contributed by atoms with Gasteiger partial charge >= 0.3 is 5.97 Å². The number of hydrogen-bond acceptors (Lipinski definition) is 2. The number of aromatic carboxylic acids is 1. The third kappa shape index (κ3) is 2.03. The van der Waals surface area contributed by atoms with Crippen LogP contribution in [0.2, 0.25) is 0 Å². The topological polar surface area (TPSA) is 46.5 Å². The summed E-state index contributed by atoms with van der Waals surface area (Å²) in [5.74, 6) is -0.687. The fraction of sp³-hybridized carbons (Fsp3) is 0.125. The maximum absolute atomic E-state index is 10.8. The van der Waals surface area contributed by atoms with E-state index >= 15 is 0 Å². The number of carbonyl (C=O) groups is 1. The molecule has 0 heterocycles. The van der Waals surface area contributed by atoms with Crippen molar-refractivity contribution in [1.29, 1.82) is 0 Å². The van der Waals surface area contributed by atoms with Gasteiger partial charge in [0.15, 0.2) is 0 Å². The van der Waals surface area contributed by atoms with Gasteiger partial charge in [0.05, 0.1) is 11.6 Å². The summed E-state index contributed by atoms with van der Waals surface area (Å²) < 4.78 is 6.08. The minimum absolute atomic E-state index is 0.122. The van der Waals surface area contributed by atoms with Gasteiger partial charge in [-0.3, -0.25) is 0 Å². The maximum Gasteiger partial charge on any atom is 0.340 e. The predicted molar refractivity (Wildman–Crippen MR) is 55.4 cm³/mol. The van der Waals surface area contributed by atoms with E-state index in [0.717, 1.165) is 0 Å². The Morgan fingerprint density at radius 2 is 2.08 bits per heavy atom. The SMILES string of the molecule is COc1ccc(Br)c(Br)c1C(=O)O. The van der Waals surface area contributed by atoms with Gasteiger partial charge in [0.1, 0.15) is 11.3 Å². The first-order valence-electron chi connectivity index (χ1n) is 3.33. The molecule has 0 spiro atoms. The Morgan fingerprint density at radius 1 is 1.46 bits per heavy atom. The fourth-order valence-electron chi connectivity index (χ4n) is 0.902. The van der Waals surface area contributed by atoms with Gasteiger partial charge in [-0.25, -0.2) is 4.79 Å². The van der Waals surface area contributed by atoms with E-state index in [1.807, 2.05) is 0 Å². The Hall–Kier alpha value is -0.550. The van der Waals surface area contributed by atoms with Crippen LogP contribution in [0, 0.1) is 0 Å². The minimum Gasteiger partial charge on any atom is -0.496 e. The van der Waals surface area contributed by atoms with Gasteiger partial charge < -0.3 is 9.84 Å². The third-order valence-electron chi connectivity index (χ3n) is 1.49. The van der Waals surface area contributed by atoms with Gasteiger partial charge in [-0.15, -0.1) is 0 Å². The zero-order valence-electron chi connectivity index (χ0n) is 6.67. The van der Waals surface area contributed by atoms with E-state index in [1.165, 1.54) is 7.11 Å². The smallest absolute Gasteiger partial charge is 0.340 e. The molecule has 1 aromatic carbocycles. The first-order chi connectivity index (χ1) is 6.07.